The molecule has 0 aromatic rings. The lowest BCUT2D eigenvalue weighted by Crippen LogP contribution is -2.25. The van der Waals surface area contributed by atoms with Gasteiger partial charge >= 0.3 is 0 Å². The van der Waals surface area contributed by atoms with Crippen molar-refractivity contribution in [3.8, 4) is 0 Å². The highest BCUT2D eigenvalue weighted by Gasteiger charge is 2.52. The number of fused-ring (bicyclic) bond motifs is 1. The molecule has 2 fully saturated rings. The highest BCUT2D eigenvalue weighted by Crippen LogP contribution is 2.61. The first-order valence-electron chi connectivity index (χ1n) is 4.03. The van der Waals surface area contributed by atoms with Crippen molar-refractivity contribution in [2.24, 2.45) is 23.5 Å². The van der Waals surface area contributed by atoms with Crippen LogP contribution < -0.4 is 5.73 Å². The van der Waals surface area contributed by atoms with Crippen molar-refractivity contribution in [3.63, 3.8) is 0 Å². The van der Waals surface area contributed by atoms with Crippen LogP contribution in [0.5, 0.6) is 0 Å². The Labute approximate surface area is 56.6 Å². The normalized spacial score (nSPS) is 49.3. The van der Waals surface area contributed by atoms with Gasteiger partial charge in [0.2, 0.25) is 0 Å². The van der Waals surface area contributed by atoms with Crippen LogP contribution >= 0.6 is 0 Å². The molecule has 0 spiro atoms. The molecule has 0 aromatic heterocycles. The van der Waals surface area contributed by atoms with Gasteiger partial charge in [-0.3, -0.25) is 0 Å². The van der Waals surface area contributed by atoms with E-state index in [1.165, 1.54) is 19.3 Å². The van der Waals surface area contributed by atoms with E-state index in [2.05, 4.69) is 6.92 Å². The molecule has 2 rings (SSSR count). The summed E-state index contributed by atoms with van der Waals surface area (Å²) >= 11 is 0. The molecule has 1 nitrogen and oxygen atoms in total. The molecule has 0 amide bonds. The first kappa shape index (κ1) is 5.72. The Morgan fingerprint density at radius 2 is 2.33 bits per heavy atom. The molecular formula is C8H15N. The second-order valence-corrected chi connectivity index (χ2v) is 3.87. The van der Waals surface area contributed by atoms with E-state index in [1.54, 1.807) is 0 Å². The minimum absolute atomic E-state index is 0.441. The minimum atomic E-state index is 0.441. The van der Waals surface area contributed by atoms with Gasteiger partial charge < -0.3 is 5.73 Å². The van der Waals surface area contributed by atoms with E-state index in [0.29, 0.717) is 6.04 Å². The predicted octanol–water partition coefficient (Wildman–Crippen LogP) is 1.38. The van der Waals surface area contributed by atoms with E-state index in [9.17, 15) is 0 Å². The number of hydrogen-bond donors (Lipinski definition) is 1. The molecule has 0 radical (unpaired) electrons. The van der Waals surface area contributed by atoms with E-state index in [0.717, 1.165) is 17.8 Å². The van der Waals surface area contributed by atoms with Gasteiger partial charge in [-0.25, -0.2) is 0 Å². The largest absolute Gasteiger partial charge is 0.328 e. The maximum Gasteiger partial charge on any atom is 0.00132 e. The Hall–Kier alpha value is -0.0400. The van der Waals surface area contributed by atoms with Crippen LogP contribution in [-0.4, -0.2) is 6.04 Å². The number of nitrogens with two attached hydrogens (primary N) is 1. The molecule has 2 saturated carbocycles. The van der Waals surface area contributed by atoms with Crippen molar-refractivity contribution >= 4 is 0 Å². The summed E-state index contributed by atoms with van der Waals surface area (Å²) < 4.78 is 0. The summed E-state index contributed by atoms with van der Waals surface area (Å²) in [6.45, 7) is 2.12. The Balaban J connectivity index is 1.75. The predicted molar refractivity (Wildman–Crippen MR) is 38.0 cm³/mol. The van der Waals surface area contributed by atoms with Gasteiger partial charge in [0, 0.05) is 6.04 Å². The maximum atomic E-state index is 5.68. The average Bonchev–Trinajstić information content (AvgIpc) is 2.35. The van der Waals surface area contributed by atoms with Crippen molar-refractivity contribution in [2.75, 3.05) is 0 Å². The van der Waals surface area contributed by atoms with Crippen LogP contribution in [0.25, 0.3) is 0 Å². The van der Waals surface area contributed by atoms with Gasteiger partial charge in [-0.05, 0) is 43.9 Å². The summed E-state index contributed by atoms with van der Waals surface area (Å²) in [6.07, 6.45) is 4.30. The van der Waals surface area contributed by atoms with Crippen molar-refractivity contribution < 1.29 is 0 Å². The molecule has 4 unspecified atom stereocenters. The highest BCUT2D eigenvalue weighted by molar-refractivity contribution is 5.02. The third-order valence-corrected chi connectivity index (χ3v) is 2.86. The van der Waals surface area contributed by atoms with E-state index in [-0.39, 0.29) is 0 Å². The molecule has 0 heterocycles. The highest BCUT2D eigenvalue weighted by atomic mass is 14.6. The van der Waals surface area contributed by atoms with E-state index >= 15 is 0 Å². The molecule has 0 aromatic carbocycles. The van der Waals surface area contributed by atoms with Gasteiger partial charge in [-0.2, -0.15) is 0 Å². The van der Waals surface area contributed by atoms with Crippen LogP contribution in [0, 0.1) is 17.8 Å². The molecule has 2 N–H and O–H groups in total. The summed E-state index contributed by atoms with van der Waals surface area (Å²) in [5.41, 5.74) is 5.68. The zero-order valence-electron chi connectivity index (χ0n) is 6.01. The summed E-state index contributed by atoms with van der Waals surface area (Å²) in [6, 6.07) is 0.441. The standard InChI is InChI=1S/C8H15N/c1-5(9)2-6-3-7-4-8(6)7/h5-8H,2-4,9H2,1H3. The van der Waals surface area contributed by atoms with Crippen LogP contribution in [0.2, 0.25) is 0 Å². The Morgan fingerprint density at radius 1 is 1.56 bits per heavy atom. The lowest BCUT2D eigenvalue weighted by atomic mass is 9.81. The fourth-order valence-corrected chi connectivity index (χ4v) is 2.24. The van der Waals surface area contributed by atoms with E-state index in [1.807, 2.05) is 0 Å². The number of rotatable bonds is 2. The summed E-state index contributed by atoms with van der Waals surface area (Å²) in [5.74, 6) is 3.29. The van der Waals surface area contributed by atoms with Gasteiger partial charge in [-0.15, -0.1) is 0 Å². The smallest absolute Gasteiger partial charge is 0.00132 e. The Morgan fingerprint density at radius 3 is 2.67 bits per heavy atom. The third kappa shape index (κ3) is 0.877. The lowest BCUT2D eigenvalue weighted by Gasteiger charge is -2.25. The van der Waals surface area contributed by atoms with Crippen LogP contribution in [0.15, 0.2) is 0 Å². The zero-order valence-corrected chi connectivity index (χ0v) is 6.01. The second-order valence-electron chi connectivity index (χ2n) is 3.87. The SMILES string of the molecule is CC(N)CC1CC2CC12. The topological polar surface area (TPSA) is 26.0 Å². The summed E-state index contributed by atoms with van der Waals surface area (Å²) in [5, 5.41) is 0. The fraction of sp³-hybridized carbons (Fsp3) is 1.00. The van der Waals surface area contributed by atoms with Gasteiger partial charge in [0.05, 0.1) is 0 Å². The van der Waals surface area contributed by atoms with Gasteiger partial charge in [0.25, 0.3) is 0 Å². The van der Waals surface area contributed by atoms with Gasteiger partial charge in [-0.1, -0.05) is 0 Å². The molecule has 1 heteroatoms. The molecule has 2 aliphatic carbocycles. The first-order chi connectivity index (χ1) is 4.27. The molecule has 9 heavy (non-hydrogen) atoms. The molecular weight excluding hydrogens is 110 g/mol. The van der Waals surface area contributed by atoms with Crippen molar-refractivity contribution in [1.82, 2.24) is 0 Å². The second kappa shape index (κ2) is 1.72. The maximum absolute atomic E-state index is 5.68. The first-order valence-corrected chi connectivity index (χ1v) is 4.03. The zero-order chi connectivity index (χ0) is 6.43. The summed E-state index contributed by atoms with van der Waals surface area (Å²) in [7, 11) is 0. The summed E-state index contributed by atoms with van der Waals surface area (Å²) in [4.78, 5) is 0. The Bertz CT molecular complexity index is 120. The molecule has 0 aliphatic heterocycles. The van der Waals surface area contributed by atoms with Crippen molar-refractivity contribution in [3.05, 3.63) is 0 Å². The quantitative estimate of drug-likeness (QED) is 0.593. The number of hydrogen-bond acceptors (Lipinski definition) is 1. The van der Waals surface area contributed by atoms with Crippen molar-refractivity contribution in [1.29, 1.82) is 0 Å². The molecule has 0 bridgehead atoms. The Kier molecular flexibility index (Phi) is 1.10. The van der Waals surface area contributed by atoms with Gasteiger partial charge in [0.15, 0.2) is 0 Å². The fourth-order valence-electron chi connectivity index (χ4n) is 2.24. The van der Waals surface area contributed by atoms with Gasteiger partial charge in [0.1, 0.15) is 0 Å². The van der Waals surface area contributed by atoms with Crippen LogP contribution in [-0.2, 0) is 0 Å². The van der Waals surface area contributed by atoms with Crippen LogP contribution in [0.3, 0.4) is 0 Å². The molecule has 4 atom stereocenters. The van der Waals surface area contributed by atoms with E-state index < -0.39 is 0 Å². The molecule has 52 valence electrons. The lowest BCUT2D eigenvalue weighted by molar-refractivity contribution is 0.257. The molecule has 0 saturated heterocycles. The third-order valence-electron chi connectivity index (χ3n) is 2.86. The monoisotopic (exact) mass is 125 g/mol. The van der Waals surface area contributed by atoms with E-state index in [4.69, 9.17) is 5.73 Å². The molecule has 2 aliphatic rings. The van der Waals surface area contributed by atoms with Crippen LogP contribution in [0.4, 0.5) is 0 Å². The van der Waals surface area contributed by atoms with Crippen molar-refractivity contribution in [2.45, 2.75) is 32.2 Å². The minimum Gasteiger partial charge on any atom is -0.328 e. The van der Waals surface area contributed by atoms with Crippen LogP contribution in [0.1, 0.15) is 26.2 Å². The average molecular weight is 125 g/mol.